The lowest BCUT2D eigenvalue weighted by Gasteiger charge is -2.31. The smallest absolute Gasteiger partial charge is 0.327 e. The molecule has 2 aliphatic rings. The van der Waals surface area contributed by atoms with Crippen molar-refractivity contribution >= 4 is 23.6 Å². The largest absolute Gasteiger partial charge is 0.480 e. The molecule has 0 aromatic carbocycles. The van der Waals surface area contributed by atoms with Crippen molar-refractivity contribution in [3.8, 4) is 0 Å². The molecule has 0 saturated carbocycles. The van der Waals surface area contributed by atoms with Crippen molar-refractivity contribution in [3.05, 3.63) is 0 Å². The minimum Gasteiger partial charge on any atom is -0.480 e. The van der Waals surface area contributed by atoms with Gasteiger partial charge in [0.2, 0.25) is 5.91 Å². The number of carbonyl (C=O) groups excluding carboxylic acids is 1. The highest BCUT2D eigenvalue weighted by Crippen LogP contribution is 2.34. The summed E-state index contributed by atoms with van der Waals surface area (Å²) in [5.74, 6) is -0.190. The van der Waals surface area contributed by atoms with Crippen LogP contribution in [0.1, 0.15) is 20.3 Å². The number of rotatable bonds is 4. The maximum atomic E-state index is 12.6. The normalized spacial score (nSPS) is 27.9. The maximum Gasteiger partial charge on any atom is 0.327 e. The molecule has 2 aliphatic heterocycles. The molecule has 2 N–H and O–H groups in total. The quantitative estimate of drug-likeness (QED) is 0.777. The van der Waals surface area contributed by atoms with Crippen LogP contribution in [0.25, 0.3) is 0 Å². The number of thioether (sulfide) groups is 1. The van der Waals surface area contributed by atoms with Gasteiger partial charge >= 0.3 is 5.97 Å². The van der Waals surface area contributed by atoms with Crippen molar-refractivity contribution in [2.75, 3.05) is 38.5 Å². The Morgan fingerprint density at radius 1 is 1.33 bits per heavy atom. The van der Waals surface area contributed by atoms with E-state index < -0.39 is 12.0 Å². The fourth-order valence-electron chi connectivity index (χ4n) is 2.88. The Hall–Kier alpha value is -0.790. The number of hydrogen-bond acceptors (Lipinski definition) is 5. The van der Waals surface area contributed by atoms with E-state index in [4.69, 9.17) is 0 Å². The summed E-state index contributed by atoms with van der Waals surface area (Å²) in [6.07, 6.45) is 1.03. The van der Waals surface area contributed by atoms with Crippen LogP contribution in [0.4, 0.5) is 0 Å². The topological polar surface area (TPSA) is 72.9 Å². The minimum atomic E-state index is -0.892. The molecular weight excluding hydrogens is 290 g/mol. The standard InChI is InChI=1S/C14H25N3O3S/c1-10(2)13-17(11(9-21-13)14(19)20)12(18)8-16-6-3-4-15-5-7-16/h10-11,13,15H,3-9H2,1-2H3,(H,19,20). The zero-order valence-corrected chi connectivity index (χ0v) is 13.6. The van der Waals surface area contributed by atoms with Crippen molar-refractivity contribution in [1.82, 2.24) is 15.1 Å². The van der Waals surface area contributed by atoms with Crippen LogP contribution in [-0.2, 0) is 9.59 Å². The van der Waals surface area contributed by atoms with E-state index >= 15 is 0 Å². The summed E-state index contributed by atoms with van der Waals surface area (Å²) in [5, 5.41) is 12.6. The average molecular weight is 315 g/mol. The Balaban J connectivity index is 2.03. The third-order valence-corrected chi connectivity index (χ3v) is 5.59. The summed E-state index contributed by atoms with van der Waals surface area (Å²) < 4.78 is 0. The Labute approximate surface area is 130 Å². The molecule has 0 radical (unpaired) electrons. The molecule has 7 heteroatoms. The predicted molar refractivity (Wildman–Crippen MR) is 83.3 cm³/mol. The Bertz CT molecular complexity index is 384. The summed E-state index contributed by atoms with van der Waals surface area (Å²) in [7, 11) is 0. The fourth-order valence-corrected chi connectivity index (χ4v) is 4.37. The number of aliphatic carboxylic acids is 1. The van der Waals surface area contributed by atoms with Crippen LogP contribution in [0.5, 0.6) is 0 Å². The van der Waals surface area contributed by atoms with Crippen LogP contribution in [0, 0.1) is 5.92 Å². The Morgan fingerprint density at radius 3 is 2.76 bits per heavy atom. The summed E-state index contributed by atoms with van der Waals surface area (Å²) in [6, 6.07) is -0.681. The molecule has 2 saturated heterocycles. The number of carboxylic acids is 1. The van der Waals surface area contributed by atoms with Gasteiger partial charge in [0, 0.05) is 18.8 Å². The van der Waals surface area contributed by atoms with Gasteiger partial charge in [0.25, 0.3) is 0 Å². The van der Waals surface area contributed by atoms with E-state index in [2.05, 4.69) is 10.2 Å². The molecule has 2 fully saturated rings. The van der Waals surface area contributed by atoms with Gasteiger partial charge in [-0.1, -0.05) is 13.8 Å². The van der Waals surface area contributed by atoms with Gasteiger partial charge in [-0.15, -0.1) is 11.8 Å². The molecule has 0 aromatic heterocycles. The first kappa shape index (κ1) is 16.6. The van der Waals surface area contributed by atoms with Gasteiger partial charge in [-0.2, -0.15) is 0 Å². The first-order chi connectivity index (χ1) is 10.0. The first-order valence-electron chi connectivity index (χ1n) is 7.59. The lowest BCUT2D eigenvalue weighted by molar-refractivity contribution is -0.150. The molecule has 2 rings (SSSR count). The average Bonchev–Trinajstić information content (AvgIpc) is 2.73. The predicted octanol–water partition coefficient (Wildman–Crippen LogP) is 0.292. The SMILES string of the molecule is CC(C)C1SCC(C(=O)O)N1C(=O)CN1CCCNCC1. The Morgan fingerprint density at radius 2 is 2.10 bits per heavy atom. The van der Waals surface area contributed by atoms with Crippen LogP contribution in [0.15, 0.2) is 0 Å². The monoisotopic (exact) mass is 315 g/mol. The molecule has 6 nitrogen and oxygen atoms in total. The van der Waals surface area contributed by atoms with Gasteiger partial charge in [-0.3, -0.25) is 9.69 Å². The number of nitrogens with zero attached hydrogens (tertiary/aromatic N) is 2. The second kappa shape index (κ2) is 7.47. The van der Waals surface area contributed by atoms with Gasteiger partial charge in [0.1, 0.15) is 6.04 Å². The van der Waals surface area contributed by atoms with Gasteiger partial charge in [-0.25, -0.2) is 4.79 Å². The number of hydrogen-bond donors (Lipinski definition) is 2. The summed E-state index contributed by atoms with van der Waals surface area (Å²) in [5.41, 5.74) is 0. The van der Waals surface area contributed by atoms with E-state index in [0.717, 1.165) is 32.6 Å². The zero-order chi connectivity index (χ0) is 15.4. The van der Waals surface area contributed by atoms with Crippen molar-refractivity contribution < 1.29 is 14.7 Å². The molecule has 0 aliphatic carbocycles. The molecule has 2 unspecified atom stereocenters. The second-order valence-corrected chi connectivity index (χ2v) is 7.15. The molecule has 1 amide bonds. The van der Waals surface area contributed by atoms with Crippen molar-refractivity contribution in [1.29, 1.82) is 0 Å². The molecule has 0 bridgehead atoms. The van der Waals surface area contributed by atoms with E-state index in [1.165, 1.54) is 0 Å². The Kier molecular flexibility index (Phi) is 5.89. The van der Waals surface area contributed by atoms with Gasteiger partial charge in [0.05, 0.1) is 11.9 Å². The summed E-state index contributed by atoms with van der Waals surface area (Å²) in [6.45, 7) is 8.01. The van der Waals surface area contributed by atoms with Crippen LogP contribution in [0.3, 0.4) is 0 Å². The molecule has 2 heterocycles. The summed E-state index contributed by atoms with van der Waals surface area (Å²) in [4.78, 5) is 27.8. The first-order valence-corrected chi connectivity index (χ1v) is 8.64. The van der Waals surface area contributed by atoms with Crippen LogP contribution >= 0.6 is 11.8 Å². The van der Waals surface area contributed by atoms with Crippen molar-refractivity contribution in [3.63, 3.8) is 0 Å². The molecule has 2 atom stereocenters. The van der Waals surface area contributed by atoms with Gasteiger partial charge in [0.15, 0.2) is 0 Å². The molecule has 21 heavy (non-hydrogen) atoms. The van der Waals surface area contributed by atoms with Gasteiger partial charge in [-0.05, 0) is 25.4 Å². The minimum absolute atomic E-state index is 0.0243. The van der Waals surface area contributed by atoms with Gasteiger partial charge < -0.3 is 15.3 Å². The zero-order valence-electron chi connectivity index (χ0n) is 12.7. The third-order valence-electron chi connectivity index (χ3n) is 3.97. The second-order valence-electron chi connectivity index (χ2n) is 6.00. The van der Waals surface area contributed by atoms with Crippen LogP contribution in [0.2, 0.25) is 0 Å². The highest BCUT2D eigenvalue weighted by molar-refractivity contribution is 8.00. The van der Waals surface area contributed by atoms with Crippen LogP contribution < -0.4 is 5.32 Å². The highest BCUT2D eigenvalue weighted by Gasteiger charge is 2.42. The van der Waals surface area contributed by atoms with E-state index in [1.807, 2.05) is 13.8 Å². The lowest BCUT2D eigenvalue weighted by Crippen LogP contribution is -2.51. The van der Waals surface area contributed by atoms with Crippen molar-refractivity contribution in [2.24, 2.45) is 5.92 Å². The molecular formula is C14H25N3O3S. The summed E-state index contributed by atoms with van der Waals surface area (Å²) >= 11 is 1.58. The number of carbonyl (C=O) groups is 2. The van der Waals surface area contributed by atoms with E-state index in [-0.39, 0.29) is 17.2 Å². The van der Waals surface area contributed by atoms with E-state index in [1.54, 1.807) is 16.7 Å². The number of carboxylic acid groups (broad SMARTS) is 1. The van der Waals surface area contributed by atoms with Crippen molar-refractivity contribution in [2.45, 2.75) is 31.7 Å². The number of amides is 1. The van der Waals surface area contributed by atoms with E-state index in [0.29, 0.717) is 12.3 Å². The number of nitrogens with one attached hydrogen (secondary N) is 1. The van der Waals surface area contributed by atoms with E-state index in [9.17, 15) is 14.7 Å². The maximum absolute atomic E-state index is 12.6. The molecule has 0 spiro atoms. The molecule has 120 valence electrons. The fraction of sp³-hybridized carbons (Fsp3) is 0.857. The third kappa shape index (κ3) is 4.11. The van der Waals surface area contributed by atoms with Crippen LogP contribution in [-0.4, -0.2) is 76.7 Å². The molecule has 0 aromatic rings. The lowest BCUT2D eigenvalue weighted by atomic mass is 10.1. The highest BCUT2D eigenvalue weighted by atomic mass is 32.2.